The maximum Gasteiger partial charge on any atom is 0.270 e. The van der Waals surface area contributed by atoms with Crippen molar-refractivity contribution in [3.8, 4) is 17.5 Å². The molecule has 6 rings (SSSR count). The molecule has 2 amide bonds. The van der Waals surface area contributed by atoms with Crippen LogP contribution in [0.1, 0.15) is 45.8 Å². The number of hydrogen-bond acceptors (Lipinski definition) is 7. The van der Waals surface area contributed by atoms with Crippen LogP contribution in [0.2, 0.25) is 0 Å². The average Bonchev–Trinajstić information content (AvgIpc) is 3.42. The van der Waals surface area contributed by atoms with Crippen LogP contribution in [0.3, 0.4) is 0 Å². The summed E-state index contributed by atoms with van der Waals surface area (Å²) in [7, 11) is 1.83. The Morgan fingerprint density at radius 1 is 0.900 bits per heavy atom. The normalized spacial score (nSPS) is 13.3. The van der Waals surface area contributed by atoms with Crippen LogP contribution in [-0.4, -0.2) is 68.4 Å². The van der Waals surface area contributed by atoms with E-state index < -0.39 is 34.5 Å². The second kappa shape index (κ2) is 15.3. The summed E-state index contributed by atoms with van der Waals surface area (Å²) in [5.41, 5.74) is 1.35. The number of piperazine rings is 1. The molecule has 0 radical (unpaired) electrons. The van der Waals surface area contributed by atoms with Crippen LogP contribution in [0, 0.1) is 24.4 Å². The fourth-order valence-electron chi connectivity index (χ4n) is 5.61. The number of ether oxygens (including phenoxy) is 2. The Bertz CT molecular complexity index is 2010. The summed E-state index contributed by atoms with van der Waals surface area (Å²) < 4.78 is 55.4. The Balaban J connectivity index is 0.00000486. The largest absolute Gasteiger partial charge is 0.475 e. The SMILES string of the molecule is Br.Cc1c(F)cc(C(=O)Nc2ccc(Oc3ccc4cc(C(=O)N5CCN(Cc6ccc(OC(C)C)nc6)CC5)n(C)c4c3)nc2)c(F)c1F. The zero-order valence-electron chi connectivity index (χ0n) is 27.9. The molecule has 0 unspecified atom stereocenters. The van der Waals surface area contributed by atoms with Crippen LogP contribution in [0.25, 0.3) is 10.9 Å². The summed E-state index contributed by atoms with van der Waals surface area (Å²) in [5.74, 6) is -3.67. The molecule has 1 aliphatic rings. The lowest BCUT2D eigenvalue weighted by Crippen LogP contribution is -2.48. The molecule has 0 saturated carbocycles. The minimum Gasteiger partial charge on any atom is -0.475 e. The van der Waals surface area contributed by atoms with Gasteiger partial charge in [0.2, 0.25) is 11.8 Å². The monoisotopic (exact) mass is 752 g/mol. The molecule has 0 atom stereocenters. The molecule has 2 aromatic carbocycles. The number of amides is 2. The lowest BCUT2D eigenvalue weighted by atomic mass is 10.1. The van der Waals surface area contributed by atoms with Gasteiger partial charge in [-0.05, 0) is 56.7 Å². The van der Waals surface area contributed by atoms with Crippen molar-refractivity contribution < 1.29 is 32.2 Å². The molecule has 10 nitrogen and oxygen atoms in total. The molecule has 1 saturated heterocycles. The number of carbonyl (C=O) groups is 2. The first kappa shape index (κ1) is 36.3. The summed E-state index contributed by atoms with van der Waals surface area (Å²) in [4.78, 5) is 38.8. The molecule has 3 aromatic heterocycles. The van der Waals surface area contributed by atoms with E-state index in [9.17, 15) is 22.8 Å². The van der Waals surface area contributed by atoms with Crippen molar-refractivity contribution in [2.45, 2.75) is 33.4 Å². The van der Waals surface area contributed by atoms with Crippen molar-refractivity contribution >= 4 is 45.4 Å². The molecule has 1 N–H and O–H groups in total. The topological polar surface area (TPSA) is 102 Å². The lowest BCUT2D eigenvalue weighted by Gasteiger charge is -2.34. The van der Waals surface area contributed by atoms with Crippen LogP contribution in [0.15, 0.2) is 67.0 Å². The van der Waals surface area contributed by atoms with Crippen molar-refractivity contribution in [3.63, 3.8) is 0 Å². The Labute approximate surface area is 297 Å². The highest BCUT2D eigenvalue weighted by Crippen LogP contribution is 2.28. The summed E-state index contributed by atoms with van der Waals surface area (Å²) in [5, 5.41) is 3.25. The van der Waals surface area contributed by atoms with Gasteiger partial charge in [-0.1, -0.05) is 6.07 Å². The van der Waals surface area contributed by atoms with Gasteiger partial charge in [-0.3, -0.25) is 14.5 Å². The first-order valence-corrected chi connectivity index (χ1v) is 15.8. The van der Waals surface area contributed by atoms with Gasteiger partial charge in [0.05, 0.1) is 29.1 Å². The highest BCUT2D eigenvalue weighted by molar-refractivity contribution is 8.93. The zero-order valence-corrected chi connectivity index (χ0v) is 29.6. The highest BCUT2D eigenvalue weighted by Gasteiger charge is 2.25. The van der Waals surface area contributed by atoms with Gasteiger partial charge in [-0.25, -0.2) is 23.1 Å². The third-order valence-electron chi connectivity index (χ3n) is 8.30. The fraction of sp³-hybridized carbons (Fsp3) is 0.278. The number of aryl methyl sites for hydroxylation is 1. The molecule has 14 heteroatoms. The molecule has 50 heavy (non-hydrogen) atoms. The van der Waals surface area contributed by atoms with Gasteiger partial charge in [0.15, 0.2) is 11.6 Å². The Morgan fingerprint density at radius 2 is 1.62 bits per heavy atom. The third-order valence-corrected chi connectivity index (χ3v) is 8.30. The minimum absolute atomic E-state index is 0. The van der Waals surface area contributed by atoms with E-state index in [2.05, 4.69) is 20.2 Å². The second-order valence-corrected chi connectivity index (χ2v) is 12.1. The molecular formula is C36H36BrF3N6O4. The van der Waals surface area contributed by atoms with Gasteiger partial charge < -0.3 is 24.3 Å². The first-order chi connectivity index (χ1) is 23.5. The second-order valence-electron chi connectivity index (χ2n) is 12.1. The molecule has 0 bridgehead atoms. The van der Waals surface area contributed by atoms with Crippen molar-refractivity contribution in [1.82, 2.24) is 24.3 Å². The zero-order chi connectivity index (χ0) is 34.8. The number of nitrogens with one attached hydrogen (secondary N) is 1. The average molecular weight is 754 g/mol. The number of aromatic nitrogens is 3. The van der Waals surface area contributed by atoms with Crippen LogP contribution in [0.5, 0.6) is 17.5 Å². The predicted molar refractivity (Wildman–Crippen MR) is 188 cm³/mol. The smallest absolute Gasteiger partial charge is 0.270 e. The number of anilines is 1. The number of nitrogens with zero attached hydrogens (tertiary/aromatic N) is 5. The van der Waals surface area contributed by atoms with Gasteiger partial charge in [-0.15, -0.1) is 17.0 Å². The van der Waals surface area contributed by atoms with Crippen LogP contribution in [-0.2, 0) is 13.6 Å². The van der Waals surface area contributed by atoms with Gasteiger partial charge in [0.1, 0.15) is 17.3 Å². The van der Waals surface area contributed by atoms with E-state index in [-0.39, 0.29) is 40.6 Å². The Morgan fingerprint density at radius 3 is 2.28 bits per heavy atom. The Kier molecular flexibility index (Phi) is 11.1. The van der Waals surface area contributed by atoms with E-state index in [0.717, 1.165) is 43.0 Å². The number of halogens is 4. The lowest BCUT2D eigenvalue weighted by molar-refractivity contribution is 0.0619. The summed E-state index contributed by atoms with van der Waals surface area (Å²) in [6, 6.07) is 14.8. The fourth-order valence-corrected chi connectivity index (χ4v) is 5.61. The van der Waals surface area contributed by atoms with Crippen molar-refractivity contribution in [1.29, 1.82) is 0 Å². The predicted octanol–water partition coefficient (Wildman–Crippen LogP) is 7.06. The number of benzene rings is 2. The highest BCUT2D eigenvalue weighted by atomic mass is 79.9. The first-order valence-electron chi connectivity index (χ1n) is 15.8. The van der Waals surface area contributed by atoms with Crippen molar-refractivity contribution in [3.05, 3.63) is 107 Å². The maximum atomic E-state index is 14.2. The number of hydrogen-bond donors (Lipinski definition) is 1. The number of fused-ring (bicyclic) bond motifs is 1. The quantitative estimate of drug-likeness (QED) is 0.161. The van der Waals surface area contributed by atoms with Crippen LogP contribution in [0.4, 0.5) is 18.9 Å². The van der Waals surface area contributed by atoms with E-state index in [1.165, 1.54) is 18.3 Å². The molecule has 5 aromatic rings. The molecular weight excluding hydrogens is 717 g/mol. The summed E-state index contributed by atoms with van der Waals surface area (Å²) >= 11 is 0. The van der Waals surface area contributed by atoms with Crippen LogP contribution >= 0.6 is 17.0 Å². The van der Waals surface area contributed by atoms with Gasteiger partial charge in [-0.2, -0.15) is 0 Å². The molecule has 4 heterocycles. The van der Waals surface area contributed by atoms with E-state index in [4.69, 9.17) is 9.47 Å². The van der Waals surface area contributed by atoms with Crippen molar-refractivity contribution in [2.24, 2.45) is 7.05 Å². The van der Waals surface area contributed by atoms with E-state index in [1.807, 2.05) is 60.8 Å². The van der Waals surface area contributed by atoms with Gasteiger partial charge in [0.25, 0.3) is 11.8 Å². The molecule has 0 aliphatic carbocycles. The van der Waals surface area contributed by atoms with E-state index >= 15 is 0 Å². The van der Waals surface area contributed by atoms with Crippen molar-refractivity contribution in [2.75, 3.05) is 31.5 Å². The third kappa shape index (κ3) is 7.92. The molecule has 1 fully saturated rings. The number of pyridine rings is 2. The molecule has 1 aliphatic heterocycles. The summed E-state index contributed by atoms with van der Waals surface area (Å²) in [6.45, 7) is 8.45. The van der Waals surface area contributed by atoms with Crippen LogP contribution < -0.4 is 14.8 Å². The van der Waals surface area contributed by atoms with Gasteiger partial charge in [0, 0.05) is 75.1 Å². The maximum absolute atomic E-state index is 14.2. The standard InChI is InChI=1S/C36H35F3N6O4.BrH/c1-21(2)48-31-9-5-23(18-40-31)20-44-11-13-45(14-12-44)36(47)30-15-24-6-8-26(16-29(24)43(30)4)49-32-10-7-25(19-41-32)42-35(46)27-17-28(37)22(3)33(38)34(27)39;/h5-10,15-19,21H,11-14,20H2,1-4H3,(H,42,46);1H. The molecule has 262 valence electrons. The number of rotatable bonds is 9. The summed E-state index contributed by atoms with van der Waals surface area (Å²) in [6.07, 6.45) is 3.18. The number of carbonyl (C=O) groups excluding carboxylic acids is 2. The molecule has 0 spiro atoms. The van der Waals surface area contributed by atoms with Gasteiger partial charge >= 0.3 is 0 Å². The van der Waals surface area contributed by atoms with E-state index in [1.54, 1.807) is 12.1 Å². The minimum atomic E-state index is -1.43. The Hall–Kier alpha value is -4.95. The van der Waals surface area contributed by atoms with E-state index in [0.29, 0.717) is 36.5 Å².